The molecule has 9 nitrogen and oxygen atoms in total. The molecule has 4 rings (SSSR count). The van der Waals surface area contributed by atoms with Gasteiger partial charge in [-0.05, 0) is 25.8 Å². The zero-order chi connectivity index (χ0) is 22.2. The largest absolute Gasteiger partial charge is 0.394 e. The van der Waals surface area contributed by atoms with E-state index in [1.54, 1.807) is 11.1 Å². The molecule has 1 aromatic carbocycles. The van der Waals surface area contributed by atoms with Crippen LogP contribution in [0.25, 0.3) is 0 Å². The van der Waals surface area contributed by atoms with Crippen molar-refractivity contribution in [3.63, 3.8) is 0 Å². The third-order valence-corrected chi connectivity index (χ3v) is 7.86. The van der Waals surface area contributed by atoms with Crippen molar-refractivity contribution in [2.45, 2.75) is 44.4 Å². The van der Waals surface area contributed by atoms with E-state index in [0.717, 1.165) is 16.8 Å². The molecule has 10 heteroatoms. The molecule has 5 N–H and O–H groups in total. The van der Waals surface area contributed by atoms with Crippen LogP contribution in [0.4, 0.5) is 10.7 Å². The quantitative estimate of drug-likeness (QED) is 0.476. The number of nitrogens with one attached hydrogen (secondary N) is 2. The Bertz CT molecular complexity index is 956. The average Bonchev–Trinajstić information content (AvgIpc) is 3.21. The average molecular weight is 448 g/mol. The van der Waals surface area contributed by atoms with Crippen molar-refractivity contribution in [1.29, 1.82) is 0 Å². The highest BCUT2D eigenvalue weighted by Crippen LogP contribution is 2.46. The van der Waals surface area contributed by atoms with Gasteiger partial charge in [-0.3, -0.25) is 9.11 Å². The summed E-state index contributed by atoms with van der Waals surface area (Å²) in [5, 5.41) is 15.9. The fourth-order valence-corrected chi connectivity index (χ4v) is 5.92. The smallest absolute Gasteiger partial charge is 0.319 e. The number of aliphatic hydroxyl groups is 1. The molecule has 0 bridgehead atoms. The van der Waals surface area contributed by atoms with Gasteiger partial charge in [-0.1, -0.05) is 30.3 Å². The lowest BCUT2D eigenvalue weighted by Crippen LogP contribution is -2.47. The molecule has 2 atom stereocenters. The van der Waals surface area contributed by atoms with Gasteiger partial charge in [0.2, 0.25) is 5.95 Å². The van der Waals surface area contributed by atoms with Crippen LogP contribution in [0.2, 0.25) is 0 Å². The van der Waals surface area contributed by atoms with Gasteiger partial charge in [-0.15, -0.1) is 0 Å². The third kappa shape index (κ3) is 4.47. The van der Waals surface area contributed by atoms with Crippen molar-refractivity contribution in [2.75, 3.05) is 23.4 Å². The van der Waals surface area contributed by atoms with Gasteiger partial charge in [0.25, 0.3) is 0 Å². The number of benzene rings is 1. The number of aromatic nitrogens is 2. The van der Waals surface area contributed by atoms with Crippen LogP contribution >= 0.6 is 10.6 Å². The fourth-order valence-electron chi connectivity index (χ4n) is 4.20. The number of urea groups is 1. The zero-order valence-electron chi connectivity index (χ0n) is 17.7. The molecule has 2 aliphatic rings. The molecular weight excluding hydrogens is 418 g/mol. The molecule has 3 heterocycles. The highest BCUT2D eigenvalue weighted by molar-refractivity contribution is 8.24. The summed E-state index contributed by atoms with van der Waals surface area (Å²) < 4.78 is 19.7. The van der Waals surface area contributed by atoms with Crippen molar-refractivity contribution in [1.82, 2.24) is 20.2 Å². The second-order valence-corrected chi connectivity index (χ2v) is 10.9. The number of anilines is 1. The molecule has 1 saturated heterocycles. The highest BCUT2D eigenvalue weighted by atomic mass is 32.3. The van der Waals surface area contributed by atoms with Crippen molar-refractivity contribution >= 4 is 22.6 Å². The number of hydrogen-bond acceptors (Lipinski definition) is 7. The molecule has 0 aliphatic carbocycles. The first-order valence-corrected chi connectivity index (χ1v) is 12.2. The molecule has 1 fully saturated rings. The van der Waals surface area contributed by atoms with Crippen LogP contribution < -0.4 is 10.6 Å². The predicted molar refractivity (Wildman–Crippen MR) is 120 cm³/mol. The summed E-state index contributed by atoms with van der Waals surface area (Å²) in [5.41, 5.74) is 1.84. The van der Waals surface area contributed by atoms with Crippen molar-refractivity contribution < 1.29 is 19.0 Å². The second-order valence-electron chi connectivity index (χ2n) is 8.60. The maximum Gasteiger partial charge on any atom is 0.319 e. The monoisotopic (exact) mass is 447 g/mol. The molecule has 0 saturated carbocycles. The molecule has 1 aromatic heterocycles. The van der Waals surface area contributed by atoms with Gasteiger partial charge in [0.15, 0.2) is 0 Å². The molecule has 2 amide bonds. The summed E-state index contributed by atoms with van der Waals surface area (Å²) in [4.78, 5) is 23.8. The minimum absolute atomic E-state index is 0.0759. The van der Waals surface area contributed by atoms with Gasteiger partial charge in [0.05, 0.1) is 36.2 Å². The predicted octanol–water partition coefficient (Wildman–Crippen LogP) is 2.91. The maximum atomic E-state index is 13.1. The van der Waals surface area contributed by atoms with Gasteiger partial charge < -0.3 is 20.6 Å². The van der Waals surface area contributed by atoms with E-state index in [0.29, 0.717) is 30.4 Å². The summed E-state index contributed by atoms with van der Waals surface area (Å²) in [6, 6.07) is 8.50. The molecule has 2 aliphatic heterocycles. The number of hydrogen-bond donors (Lipinski definition) is 5. The van der Waals surface area contributed by atoms with Gasteiger partial charge in [0, 0.05) is 23.6 Å². The second kappa shape index (κ2) is 8.27. The third-order valence-electron chi connectivity index (χ3n) is 6.03. The van der Waals surface area contributed by atoms with Gasteiger partial charge in [-0.2, -0.15) is 10.6 Å². The Morgan fingerprint density at radius 1 is 1.32 bits per heavy atom. The van der Waals surface area contributed by atoms with E-state index in [-0.39, 0.29) is 18.7 Å². The van der Waals surface area contributed by atoms with E-state index in [9.17, 15) is 19.0 Å². The summed E-state index contributed by atoms with van der Waals surface area (Å²) in [6.07, 6.45) is 2.39. The van der Waals surface area contributed by atoms with Crippen LogP contribution in [0.15, 0.2) is 36.5 Å². The normalized spacial score (nSPS) is 23.1. The van der Waals surface area contributed by atoms with Crippen molar-refractivity contribution in [2.24, 2.45) is 0 Å². The first-order valence-electron chi connectivity index (χ1n) is 10.3. The van der Waals surface area contributed by atoms with Gasteiger partial charge >= 0.3 is 6.03 Å². The van der Waals surface area contributed by atoms with E-state index in [1.807, 2.05) is 44.2 Å². The van der Waals surface area contributed by atoms with Crippen molar-refractivity contribution in [3.05, 3.63) is 53.3 Å². The summed E-state index contributed by atoms with van der Waals surface area (Å²) in [7, 11) is -2.50. The first-order chi connectivity index (χ1) is 14.7. The molecule has 168 valence electrons. The van der Waals surface area contributed by atoms with Crippen LogP contribution in [-0.2, 0) is 12.1 Å². The summed E-state index contributed by atoms with van der Waals surface area (Å²) in [6.45, 7) is 4.00. The van der Waals surface area contributed by atoms with E-state index < -0.39 is 22.2 Å². The van der Waals surface area contributed by atoms with Crippen LogP contribution in [-0.4, -0.2) is 59.3 Å². The number of fused-ring (bicyclic) bond motifs is 1. The lowest BCUT2D eigenvalue weighted by atomic mass is 9.97. The van der Waals surface area contributed by atoms with Gasteiger partial charge in [-0.25, -0.2) is 14.8 Å². The number of carbonyl (C=O) groups is 1. The Morgan fingerprint density at radius 3 is 2.71 bits per heavy atom. The Hall–Kier alpha value is -2.40. The van der Waals surface area contributed by atoms with Crippen LogP contribution in [0.3, 0.4) is 0 Å². The Balaban J connectivity index is 1.48. The lowest BCUT2D eigenvalue weighted by molar-refractivity contribution is 0.136. The van der Waals surface area contributed by atoms with E-state index in [4.69, 9.17) is 0 Å². The molecule has 2 aromatic rings. The molecule has 0 spiro atoms. The molecular formula is C21H29N5O4S. The number of rotatable bonds is 5. The Labute approximate surface area is 183 Å². The van der Waals surface area contributed by atoms with E-state index in [2.05, 4.69) is 20.6 Å². The van der Waals surface area contributed by atoms with E-state index >= 15 is 0 Å². The summed E-state index contributed by atoms with van der Waals surface area (Å²) >= 11 is 0. The standard InChI is InChI=1S/C21H29N5O4S/c1-21(2)16-10-22-19(23-15-8-9-31(29,30)13-15)24-17(16)11-26(21)20(28)25-18(12-27)14-6-4-3-5-7-14/h3-7,10,15,18,27,29-30H,8-9,11-13H2,1-2H3,(H,25,28)(H,22,23,24)/t15?,18-/m1/s1. The topological polar surface area (TPSA) is 131 Å². The van der Waals surface area contributed by atoms with Crippen LogP contribution in [0.1, 0.15) is 43.1 Å². The Kier molecular flexibility index (Phi) is 5.82. The van der Waals surface area contributed by atoms with E-state index in [1.165, 1.54) is 0 Å². The summed E-state index contributed by atoms with van der Waals surface area (Å²) in [5.74, 6) is 1.12. The maximum absolute atomic E-state index is 13.1. The minimum atomic E-state index is -2.50. The van der Waals surface area contributed by atoms with Crippen LogP contribution in [0.5, 0.6) is 0 Å². The first kappa shape index (κ1) is 21.8. The number of aliphatic hydroxyl groups excluding tert-OH is 1. The number of nitrogens with zero attached hydrogens (tertiary/aromatic N) is 3. The lowest BCUT2D eigenvalue weighted by Gasteiger charge is -2.33. The molecule has 0 radical (unpaired) electrons. The van der Waals surface area contributed by atoms with Gasteiger partial charge in [0.1, 0.15) is 0 Å². The zero-order valence-corrected chi connectivity index (χ0v) is 18.5. The fraction of sp³-hybridized carbons (Fsp3) is 0.476. The van der Waals surface area contributed by atoms with Crippen molar-refractivity contribution in [3.8, 4) is 0 Å². The number of amides is 2. The van der Waals surface area contributed by atoms with Crippen LogP contribution in [0, 0.1) is 0 Å². The SMILES string of the molecule is CC1(C)c2cnc(NC3CCS(O)(O)C3)nc2CN1C(=O)N[C@H](CO)c1ccccc1. The number of carbonyl (C=O) groups excluding carboxylic acids is 1. The molecule has 1 unspecified atom stereocenters. The minimum Gasteiger partial charge on any atom is -0.394 e. The molecule has 31 heavy (non-hydrogen) atoms. The Morgan fingerprint density at radius 2 is 2.06 bits per heavy atom. The highest BCUT2D eigenvalue weighted by Gasteiger charge is 2.42.